The first-order valence-corrected chi connectivity index (χ1v) is 9.56. The molecular formula is C21H25N5O2. The van der Waals surface area contributed by atoms with Gasteiger partial charge in [-0.1, -0.05) is 5.16 Å². The van der Waals surface area contributed by atoms with Crippen LogP contribution in [0.25, 0.3) is 22.4 Å². The Labute approximate surface area is 164 Å². The number of ether oxygens (including phenoxy) is 1. The zero-order valence-corrected chi connectivity index (χ0v) is 16.9. The van der Waals surface area contributed by atoms with Gasteiger partial charge in [0.15, 0.2) is 0 Å². The molecule has 1 saturated heterocycles. The summed E-state index contributed by atoms with van der Waals surface area (Å²) in [5.74, 6) is 1.45. The maximum absolute atomic E-state index is 5.86. The predicted molar refractivity (Wildman–Crippen MR) is 107 cm³/mol. The molecular weight excluding hydrogens is 354 g/mol. The van der Waals surface area contributed by atoms with Gasteiger partial charge in [-0.3, -0.25) is 4.98 Å². The van der Waals surface area contributed by atoms with E-state index in [-0.39, 0.29) is 12.2 Å². The third-order valence-corrected chi connectivity index (χ3v) is 4.96. The minimum atomic E-state index is 0.136. The largest absolute Gasteiger partial charge is 0.372 e. The van der Waals surface area contributed by atoms with Crippen LogP contribution in [0.1, 0.15) is 31.0 Å². The first kappa shape index (κ1) is 18.6. The molecule has 4 rings (SSSR count). The molecule has 3 aromatic rings. The normalized spacial score (nSPS) is 19.8. The fraction of sp³-hybridized carbons (Fsp3) is 0.429. The summed E-state index contributed by atoms with van der Waals surface area (Å²) < 4.78 is 11.3. The molecule has 0 aromatic carbocycles. The number of anilines is 1. The molecule has 1 aliphatic heterocycles. The Bertz CT molecular complexity index is 971. The van der Waals surface area contributed by atoms with Crippen molar-refractivity contribution in [3.05, 3.63) is 41.7 Å². The van der Waals surface area contributed by atoms with Crippen molar-refractivity contribution in [1.29, 1.82) is 0 Å². The lowest BCUT2D eigenvalue weighted by molar-refractivity contribution is -0.00571. The number of pyridine rings is 1. The van der Waals surface area contributed by atoms with E-state index in [1.54, 1.807) is 6.20 Å². The molecule has 1 fully saturated rings. The molecule has 146 valence electrons. The third kappa shape index (κ3) is 3.49. The molecule has 28 heavy (non-hydrogen) atoms. The number of nitrogens with zero attached hydrogens (tertiary/aromatic N) is 5. The topological polar surface area (TPSA) is 77.2 Å². The van der Waals surface area contributed by atoms with Crippen LogP contribution >= 0.6 is 0 Å². The van der Waals surface area contributed by atoms with E-state index in [9.17, 15) is 0 Å². The Hall–Kier alpha value is -2.80. The summed E-state index contributed by atoms with van der Waals surface area (Å²) in [6, 6.07) is 4.02. The van der Waals surface area contributed by atoms with Crippen molar-refractivity contribution in [2.24, 2.45) is 0 Å². The predicted octanol–water partition coefficient (Wildman–Crippen LogP) is 3.73. The summed E-state index contributed by atoms with van der Waals surface area (Å²) in [5, 5.41) is 4.13. The van der Waals surface area contributed by atoms with Crippen LogP contribution in [0.4, 0.5) is 5.95 Å². The van der Waals surface area contributed by atoms with Gasteiger partial charge in [-0.2, -0.15) is 0 Å². The van der Waals surface area contributed by atoms with Gasteiger partial charge in [0, 0.05) is 36.7 Å². The van der Waals surface area contributed by atoms with E-state index in [2.05, 4.69) is 28.9 Å². The SMILES string of the molecule is Cc1cc(-c2cnc(N3CC(C)OC(C)C3)nc2-c2c(C)noc2C)ccn1. The zero-order chi connectivity index (χ0) is 19.8. The Morgan fingerprint density at radius 1 is 1.07 bits per heavy atom. The third-order valence-electron chi connectivity index (χ3n) is 4.96. The minimum absolute atomic E-state index is 0.136. The van der Waals surface area contributed by atoms with Crippen molar-refractivity contribution in [3.63, 3.8) is 0 Å². The van der Waals surface area contributed by atoms with Crippen LogP contribution in [0, 0.1) is 20.8 Å². The Morgan fingerprint density at radius 2 is 1.82 bits per heavy atom. The van der Waals surface area contributed by atoms with Crippen LogP contribution in [0.3, 0.4) is 0 Å². The van der Waals surface area contributed by atoms with E-state index in [0.29, 0.717) is 5.95 Å². The zero-order valence-electron chi connectivity index (χ0n) is 16.9. The average molecular weight is 379 g/mol. The molecule has 7 nitrogen and oxygen atoms in total. The summed E-state index contributed by atoms with van der Waals surface area (Å²) in [6.07, 6.45) is 3.97. The first-order valence-electron chi connectivity index (χ1n) is 9.56. The van der Waals surface area contributed by atoms with Crippen LogP contribution in [0.15, 0.2) is 29.0 Å². The smallest absolute Gasteiger partial charge is 0.226 e. The lowest BCUT2D eigenvalue weighted by Gasteiger charge is -2.35. The minimum Gasteiger partial charge on any atom is -0.372 e. The van der Waals surface area contributed by atoms with Gasteiger partial charge in [0.2, 0.25) is 5.95 Å². The summed E-state index contributed by atoms with van der Waals surface area (Å²) in [4.78, 5) is 16.2. The molecule has 0 saturated carbocycles. The molecule has 2 atom stereocenters. The monoisotopic (exact) mass is 379 g/mol. The summed E-state index contributed by atoms with van der Waals surface area (Å²) in [5.41, 5.74) is 5.48. The fourth-order valence-electron chi connectivity index (χ4n) is 3.80. The van der Waals surface area contributed by atoms with Crippen LogP contribution in [-0.2, 0) is 4.74 Å². The van der Waals surface area contributed by atoms with Crippen molar-refractivity contribution in [3.8, 4) is 22.4 Å². The molecule has 0 radical (unpaired) electrons. The molecule has 1 aliphatic rings. The van der Waals surface area contributed by atoms with Crippen LogP contribution in [-0.4, -0.2) is 45.4 Å². The number of hydrogen-bond donors (Lipinski definition) is 0. The van der Waals surface area contributed by atoms with E-state index >= 15 is 0 Å². The lowest BCUT2D eigenvalue weighted by Crippen LogP contribution is -2.46. The lowest BCUT2D eigenvalue weighted by atomic mass is 10.00. The van der Waals surface area contributed by atoms with Crippen LogP contribution < -0.4 is 4.90 Å². The molecule has 3 aromatic heterocycles. The maximum atomic E-state index is 5.86. The highest BCUT2D eigenvalue weighted by Crippen LogP contribution is 2.35. The average Bonchev–Trinajstić information content (AvgIpc) is 2.99. The van der Waals surface area contributed by atoms with E-state index in [1.807, 2.05) is 39.1 Å². The van der Waals surface area contributed by atoms with Gasteiger partial charge in [-0.15, -0.1) is 0 Å². The Kier molecular flexibility index (Phi) is 4.85. The first-order chi connectivity index (χ1) is 13.4. The molecule has 2 unspecified atom stereocenters. The van der Waals surface area contributed by atoms with Crippen LogP contribution in [0.2, 0.25) is 0 Å². The molecule has 0 bridgehead atoms. The van der Waals surface area contributed by atoms with Crippen LogP contribution in [0.5, 0.6) is 0 Å². The van der Waals surface area contributed by atoms with Crippen molar-refractivity contribution < 1.29 is 9.26 Å². The quantitative estimate of drug-likeness (QED) is 0.686. The van der Waals surface area contributed by atoms with Crippen molar-refractivity contribution in [2.75, 3.05) is 18.0 Å². The van der Waals surface area contributed by atoms with E-state index in [4.69, 9.17) is 19.2 Å². The number of aryl methyl sites for hydroxylation is 3. The molecule has 0 N–H and O–H groups in total. The summed E-state index contributed by atoms with van der Waals surface area (Å²) in [7, 11) is 0. The van der Waals surface area contributed by atoms with Gasteiger partial charge in [-0.05, 0) is 52.3 Å². The standard InChI is InChI=1S/C21H25N5O2/c1-12-8-17(6-7-22-12)18-9-23-21(26-10-13(2)27-14(3)11-26)24-20(18)19-15(4)25-28-16(19)5/h6-9,13-14H,10-11H2,1-5H3. The maximum Gasteiger partial charge on any atom is 0.226 e. The highest BCUT2D eigenvalue weighted by molar-refractivity contribution is 5.82. The molecule has 7 heteroatoms. The highest BCUT2D eigenvalue weighted by Gasteiger charge is 2.26. The van der Waals surface area contributed by atoms with Gasteiger partial charge in [-0.25, -0.2) is 9.97 Å². The fourth-order valence-corrected chi connectivity index (χ4v) is 3.80. The van der Waals surface area contributed by atoms with E-state index in [1.165, 1.54) is 0 Å². The Balaban J connectivity index is 1.86. The van der Waals surface area contributed by atoms with Crippen molar-refractivity contribution >= 4 is 5.95 Å². The van der Waals surface area contributed by atoms with Crippen molar-refractivity contribution in [1.82, 2.24) is 20.1 Å². The second-order valence-electron chi connectivity index (χ2n) is 7.48. The number of rotatable bonds is 3. The molecule has 0 spiro atoms. The van der Waals surface area contributed by atoms with Crippen molar-refractivity contribution in [2.45, 2.75) is 46.8 Å². The van der Waals surface area contributed by atoms with E-state index < -0.39 is 0 Å². The summed E-state index contributed by atoms with van der Waals surface area (Å²) >= 11 is 0. The number of aromatic nitrogens is 4. The van der Waals surface area contributed by atoms with Gasteiger partial charge in [0.05, 0.1) is 29.2 Å². The molecule has 0 aliphatic carbocycles. The second-order valence-corrected chi connectivity index (χ2v) is 7.48. The molecule has 4 heterocycles. The Morgan fingerprint density at radius 3 is 2.46 bits per heavy atom. The highest BCUT2D eigenvalue weighted by atomic mass is 16.5. The van der Waals surface area contributed by atoms with Gasteiger partial charge in [0.1, 0.15) is 5.76 Å². The van der Waals surface area contributed by atoms with Gasteiger partial charge < -0.3 is 14.2 Å². The molecule has 0 amide bonds. The number of hydrogen-bond acceptors (Lipinski definition) is 7. The van der Waals surface area contributed by atoms with Gasteiger partial charge in [0.25, 0.3) is 0 Å². The second kappa shape index (κ2) is 7.31. The van der Waals surface area contributed by atoms with E-state index in [0.717, 1.165) is 52.6 Å². The number of morpholine rings is 1. The van der Waals surface area contributed by atoms with Gasteiger partial charge >= 0.3 is 0 Å². The summed E-state index contributed by atoms with van der Waals surface area (Å²) in [6.45, 7) is 11.5.